The molecule has 2 aromatic rings. The Hall–Kier alpha value is -1.74. The SMILES string of the molecule is COc1ccc(CNc2ccc(Cl)nc2)cc1C. The van der Waals surface area contributed by atoms with E-state index >= 15 is 0 Å². The second-order valence-electron chi connectivity index (χ2n) is 4.03. The van der Waals surface area contributed by atoms with Crippen LogP contribution in [0.3, 0.4) is 0 Å². The van der Waals surface area contributed by atoms with E-state index < -0.39 is 0 Å². The molecule has 1 heterocycles. The Balaban J connectivity index is 2.02. The maximum absolute atomic E-state index is 5.73. The van der Waals surface area contributed by atoms with Gasteiger partial charge in [0.05, 0.1) is 19.0 Å². The highest BCUT2D eigenvalue weighted by atomic mass is 35.5. The van der Waals surface area contributed by atoms with Gasteiger partial charge in [-0.1, -0.05) is 23.7 Å². The molecule has 0 aliphatic carbocycles. The van der Waals surface area contributed by atoms with Crippen molar-refractivity contribution >= 4 is 17.3 Å². The number of nitrogens with zero attached hydrogens (tertiary/aromatic N) is 1. The zero-order valence-corrected chi connectivity index (χ0v) is 11.2. The highest BCUT2D eigenvalue weighted by Gasteiger charge is 2.00. The first-order chi connectivity index (χ1) is 8.69. The number of hydrogen-bond donors (Lipinski definition) is 1. The van der Waals surface area contributed by atoms with Crippen molar-refractivity contribution in [2.45, 2.75) is 13.5 Å². The molecule has 0 saturated carbocycles. The fourth-order valence-electron chi connectivity index (χ4n) is 1.74. The van der Waals surface area contributed by atoms with E-state index in [-0.39, 0.29) is 0 Å². The van der Waals surface area contributed by atoms with E-state index in [0.29, 0.717) is 5.15 Å². The van der Waals surface area contributed by atoms with Crippen LogP contribution < -0.4 is 10.1 Å². The molecular weight excluding hydrogens is 248 g/mol. The third-order valence-electron chi connectivity index (χ3n) is 2.68. The number of benzene rings is 1. The van der Waals surface area contributed by atoms with Gasteiger partial charge in [0.2, 0.25) is 0 Å². The number of anilines is 1. The van der Waals surface area contributed by atoms with Crippen molar-refractivity contribution in [1.29, 1.82) is 0 Å². The number of aryl methyl sites for hydroxylation is 1. The van der Waals surface area contributed by atoms with Crippen LogP contribution in [0.1, 0.15) is 11.1 Å². The summed E-state index contributed by atoms with van der Waals surface area (Å²) in [5.41, 5.74) is 3.28. The van der Waals surface area contributed by atoms with Crippen molar-refractivity contribution < 1.29 is 4.74 Å². The smallest absolute Gasteiger partial charge is 0.129 e. The van der Waals surface area contributed by atoms with E-state index in [1.54, 1.807) is 19.4 Å². The summed E-state index contributed by atoms with van der Waals surface area (Å²) < 4.78 is 5.23. The molecule has 0 spiro atoms. The van der Waals surface area contributed by atoms with Gasteiger partial charge in [-0.05, 0) is 36.2 Å². The molecule has 0 bridgehead atoms. The quantitative estimate of drug-likeness (QED) is 0.854. The Morgan fingerprint density at radius 2 is 2.11 bits per heavy atom. The summed E-state index contributed by atoms with van der Waals surface area (Å²) in [5, 5.41) is 3.79. The third kappa shape index (κ3) is 3.14. The zero-order chi connectivity index (χ0) is 13.0. The Morgan fingerprint density at radius 1 is 1.28 bits per heavy atom. The number of nitrogens with one attached hydrogen (secondary N) is 1. The molecule has 1 aromatic carbocycles. The van der Waals surface area contributed by atoms with Crippen LogP contribution in [0, 0.1) is 6.92 Å². The van der Waals surface area contributed by atoms with E-state index in [2.05, 4.69) is 16.4 Å². The van der Waals surface area contributed by atoms with Crippen LogP contribution in [0.4, 0.5) is 5.69 Å². The number of methoxy groups -OCH3 is 1. The van der Waals surface area contributed by atoms with Crippen molar-refractivity contribution in [2.24, 2.45) is 0 Å². The maximum Gasteiger partial charge on any atom is 0.129 e. The van der Waals surface area contributed by atoms with Gasteiger partial charge in [-0.25, -0.2) is 4.98 Å². The molecule has 3 nitrogen and oxygen atoms in total. The minimum absolute atomic E-state index is 0.501. The van der Waals surface area contributed by atoms with Gasteiger partial charge >= 0.3 is 0 Å². The molecule has 0 unspecified atom stereocenters. The molecule has 0 amide bonds. The van der Waals surface area contributed by atoms with Crippen molar-refractivity contribution in [2.75, 3.05) is 12.4 Å². The molecule has 2 rings (SSSR count). The van der Waals surface area contributed by atoms with E-state index in [0.717, 1.165) is 23.5 Å². The van der Waals surface area contributed by atoms with Gasteiger partial charge < -0.3 is 10.1 Å². The topological polar surface area (TPSA) is 34.1 Å². The molecule has 94 valence electrons. The van der Waals surface area contributed by atoms with E-state index in [1.165, 1.54) is 5.56 Å². The minimum atomic E-state index is 0.501. The summed E-state index contributed by atoms with van der Waals surface area (Å²) >= 11 is 5.73. The highest BCUT2D eigenvalue weighted by molar-refractivity contribution is 6.29. The number of pyridine rings is 1. The number of aromatic nitrogens is 1. The first-order valence-corrected chi connectivity index (χ1v) is 6.06. The normalized spacial score (nSPS) is 10.2. The Labute approximate surface area is 112 Å². The fraction of sp³-hybridized carbons (Fsp3) is 0.214. The van der Waals surface area contributed by atoms with Crippen LogP contribution in [0.15, 0.2) is 36.5 Å². The lowest BCUT2D eigenvalue weighted by Crippen LogP contribution is -2.00. The molecule has 0 saturated heterocycles. The number of ether oxygens (including phenoxy) is 1. The van der Waals surface area contributed by atoms with Gasteiger partial charge in [-0.3, -0.25) is 0 Å². The van der Waals surface area contributed by atoms with Crippen LogP contribution in [0.5, 0.6) is 5.75 Å². The molecule has 0 atom stereocenters. The summed E-state index contributed by atoms with van der Waals surface area (Å²) in [4.78, 5) is 4.02. The minimum Gasteiger partial charge on any atom is -0.496 e. The molecule has 4 heteroatoms. The molecule has 0 fully saturated rings. The maximum atomic E-state index is 5.73. The largest absolute Gasteiger partial charge is 0.496 e. The summed E-state index contributed by atoms with van der Waals surface area (Å²) in [7, 11) is 1.68. The second-order valence-corrected chi connectivity index (χ2v) is 4.41. The highest BCUT2D eigenvalue weighted by Crippen LogP contribution is 2.19. The predicted molar refractivity (Wildman–Crippen MR) is 74.3 cm³/mol. The summed E-state index contributed by atoms with van der Waals surface area (Å²) in [6, 6.07) is 9.80. The molecular formula is C14H15ClN2O. The van der Waals surface area contributed by atoms with Crippen LogP contribution in [0.25, 0.3) is 0 Å². The van der Waals surface area contributed by atoms with E-state index in [9.17, 15) is 0 Å². The molecule has 1 aromatic heterocycles. The number of halogens is 1. The summed E-state index contributed by atoms with van der Waals surface area (Å²) in [6.45, 7) is 2.78. The van der Waals surface area contributed by atoms with Crippen LogP contribution in [0.2, 0.25) is 5.15 Å². The van der Waals surface area contributed by atoms with Crippen molar-refractivity contribution in [3.05, 3.63) is 52.8 Å². The standard InChI is InChI=1S/C14H15ClN2O/c1-10-7-11(3-5-13(10)18-2)8-16-12-4-6-14(15)17-9-12/h3-7,9,16H,8H2,1-2H3. The van der Waals surface area contributed by atoms with Crippen molar-refractivity contribution in [3.8, 4) is 5.75 Å². The van der Waals surface area contributed by atoms with Gasteiger partial charge in [0.1, 0.15) is 10.9 Å². The Kier molecular flexibility index (Phi) is 4.05. The molecule has 18 heavy (non-hydrogen) atoms. The predicted octanol–water partition coefficient (Wildman–Crippen LogP) is 3.66. The van der Waals surface area contributed by atoms with Gasteiger partial charge in [0.15, 0.2) is 0 Å². The molecule has 0 aliphatic rings. The first kappa shape index (κ1) is 12.7. The summed E-state index contributed by atoms with van der Waals surface area (Å²) in [6.07, 6.45) is 1.72. The summed E-state index contributed by atoms with van der Waals surface area (Å²) in [5.74, 6) is 0.909. The van der Waals surface area contributed by atoms with Crippen LogP contribution >= 0.6 is 11.6 Å². The fourth-order valence-corrected chi connectivity index (χ4v) is 1.85. The molecule has 0 aliphatic heterocycles. The van der Waals surface area contributed by atoms with Crippen LogP contribution in [-0.4, -0.2) is 12.1 Å². The van der Waals surface area contributed by atoms with Crippen LogP contribution in [-0.2, 0) is 6.54 Å². The number of rotatable bonds is 4. The van der Waals surface area contributed by atoms with E-state index in [4.69, 9.17) is 16.3 Å². The third-order valence-corrected chi connectivity index (χ3v) is 2.91. The van der Waals surface area contributed by atoms with Crippen molar-refractivity contribution in [1.82, 2.24) is 4.98 Å². The lowest BCUT2D eigenvalue weighted by molar-refractivity contribution is 0.411. The van der Waals surface area contributed by atoms with Gasteiger partial charge in [0, 0.05) is 6.54 Å². The van der Waals surface area contributed by atoms with Gasteiger partial charge in [-0.15, -0.1) is 0 Å². The molecule has 1 N–H and O–H groups in total. The zero-order valence-electron chi connectivity index (χ0n) is 10.4. The second kappa shape index (κ2) is 5.74. The Morgan fingerprint density at radius 3 is 2.72 bits per heavy atom. The van der Waals surface area contributed by atoms with E-state index in [1.807, 2.05) is 25.1 Å². The monoisotopic (exact) mass is 262 g/mol. The average Bonchev–Trinajstić information content (AvgIpc) is 2.38. The lowest BCUT2D eigenvalue weighted by atomic mass is 10.1. The number of hydrogen-bond acceptors (Lipinski definition) is 3. The van der Waals surface area contributed by atoms with Gasteiger partial charge in [-0.2, -0.15) is 0 Å². The Bertz CT molecular complexity index is 526. The molecule has 0 radical (unpaired) electrons. The van der Waals surface area contributed by atoms with Crippen molar-refractivity contribution in [3.63, 3.8) is 0 Å². The lowest BCUT2D eigenvalue weighted by Gasteiger charge is -2.09. The average molecular weight is 263 g/mol. The van der Waals surface area contributed by atoms with Gasteiger partial charge in [0.25, 0.3) is 0 Å². The first-order valence-electron chi connectivity index (χ1n) is 5.68.